The Hall–Kier alpha value is -2.05. The molecule has 0 saturated carbocycles. The number of pyridine rings is 2. The molecule has 2 aromatic rings. The highest BCUT2D eigenvalue weighted by Crippen LogP contribution is 2.10. The zero-order valence-corrected chi connectivity index (χ0v) is 11.1. The summed E-state index contributed by atoms with van der Waals surface area (Å²) in [5, 5.41) is 0. The number of ether oxygens (including phenoxy) is 1. The Kier molecular flexibility index (Phi) is 5.21. The van der Waals surface area contributed by atoms with Crippen molar-refractivity contribution in [3.63, 3.8) is 0 Å². The molecule has 4 heteroatoms. The molecule has 0 radical (unpaired) electrons. The van der Waals surface area contributed by atoms with Gasteiger partial charge in [-0.25, -0.2) is 0 Å². The van der Waals surface area contributed by atoms with E-state index in [0.29, 0.717) is 18.2 Å². The maximum absolute atomic E-state index is 5.63. The van der Waals surface area contributed by atoms with Crippen molar-refractivity contribution >= 4 is 11.6 Å². The summed E-state index contributed by atoms with van der Waals surface area (Å²) in [6.45, 7) is 0.561. The van der Waals surface area contributed by atoms with Gasteiger partial charge in [-0.3, -0.25) is 9.97 Å². The smallest absolute Gasteiger partial charge is 0.138 e. The monoisotopic (exact) mass is 272 g/mol. The van der Waals surface area contributed by atoms with Gasteiger partial charge < -0.3 is 4.74 Å². The van der Waals surface area contributed by atoms with Gasteiger partial charge in [0.05, 0.1) is 18.7 Å². The van der Waals surface area contributed by atoms with E-state index in [1.54, 1.807) is 18.6 Å². The van der Waals surface area contributed by atoms with Gasteiger partial charge in [-0.15, -0.1) is 11.6 Å². The number of alkyl halides is 1. The van der Waals surface area contributed by atoms with E-state index in [9.17, 15) is 0 Å². The fraction of sp³-hybridized carbons (Fsp3) is 0.200. The predicted octanol–water partition coefficient (Wildman–Crippen LogP) is 2.69. The molecule has 2 rings (SSSR count). The lowest BCUT2D eigenvalue weighted by Gasteiger charge is -2.05. The van der Waals surface area contributed by atoms with Gasteiger partial charge in [0.1, 0.15) is 5.75 Å². The number of aromatic nitrogens is 2. The van der Waals surface area contributed by atoms with Crippen molar-refractivity contribution < 1.29 is 4.74 Å². The summed E-state index contributed by atoms with van der Waals surface area (Å²) in [6.07, 6.45) is 5.90. The van der Waals surface area contributed by atoms with Crippen LogP contribution in [0.15, 0.2) is 42.9 Å². The summed E-state index contributed by atoms with van der Waals surface area (Å²) < 4.78 is 5.63. The van der Waals surface area contributed by atoms with Gasteiger partial charge in [0.25, 0.3) is 0 Å². The topological polar surface area (TPSA) is 35.0 Å². The highest BCUT2D eigenvalue weighted by molar-refractivity contribution is 6.19. The minimum absolute atomic E-state index is 0.310. The molecule has 0 amide bonds. The van der Waals surface area contributed by atoms with E-state index < -0.39 is 0 Å². The standard InChI is InChI=1S/C15H13ClN2O/c16-7-3-4-13-10-15(12-17-11-13)19-9-6-14-5-1-2-8-18-14/h1-2,5,8,10-12H,6-7,9H2. The number of halogens is 1. The van der Waals surface area contributed by atoms with Crippen molar-refractivity contribution in [2.45, 2.75) is 6.42 Å². The first kappa shape index (κ1) is 13.4. The maximum Gasteiger partial charge on any atom is 0.138 e. The Morgan fingerprint density at radius 2 is 2.21 bits per heavy atom. The minimum atomic E-state index is 0.310. The molecule has 0 aliphatic carbocycles. The molecule has 3 nitrogen and oxygen atoms in total. The van der Waals surface area contributed by atoms with Gasteiger partial charge in [-0.2, -0.15) is 0 Å². The second-order valence-corrected chi connectivity index (χ2v) is 4.03. The Balaban J connectivity index is 1.89. The molecule has 0 N–H and O–H groups in total. The summed E-state index contributed by atoms with van der Waals surface area (Å²) in [6, 6.07) is 7.69. The molecular formula is C15H13ClN2O. The zero-order chi connectivity index (χ0) is 13.3. The van der Waals surface area contributed by atoms with Crippen LogP contribution in [-0.2, 0) is 6.42 Å². The Morgan fingerprint density at radius 3 is 3.00 bits per heavy atom. The molecule has 0 saturated heterocycles. The first-order valence-corrected chi connectivity index (χ1v) is 6.44. The lowest BCUT2D eigenvalue weighted by molar-refractivity contribution is 0.319. The summed E-state index contributed by atoms with van der Waals surface area (Å²) in [5.41, 5.74) is 1.81. The number of nitrogens with zero attached hydrogens (tertiary/aromatic N) is 2. The van der Waals surface area contributed by atoms with E-state index in [-0.39, 0.29) is 0 Å². The molecule has 96 valence electrons. The zero-order valence-electron chi connectivity index (χ0n) is 10.3. The Labute approximate surface area is 117 Å². The van der Waals surface area contributed by atoms with Crippen LogP contribution in [0.4, 0.5) is 0 Å². The van der Waals surface area contributed by atoms with E-state index in [1.807, 2.05) is 24.3 Å². The summed E-state index contributed by atoms with van der Waals surface area (Å²) in [7, 11) is 0. The molecule has 0 atom stereocenters. The Bertz CT molecular complexity index is 575. The molecule has 19 heavy (non-hydrogen) atoms. The lowest BCUT2D eigenvalue weighted by atomic mass is 10.3. The first-order chi connectivity index (χ1) is 9.38. The average molecular weight is 273 g/mol. The van der Waals surface area contributed by atoms with Crippen molar-refractivity contribution in [3.8, 4) is 17.6 Å². The fourth-order valence-electron chi connectivity index (χ4n) is 1.52. The molecule has 0 spiro atoms. The summed E-state index contributed by atoms with van der Waals surface area (Å²) in [5.74, 6) is 6.71. The third-order valence-electron chi connectivity index (χ3n) is 2.37. The molecule has 0 aliphatic heterocycles. The Morgan fingerprint density at radius 1 is 1.26 bits per heavy atom. The molecule has 0 aromatic carbocycles. The van der Waals surface area contributed by atoms with Crippen LogP contribution in [0.3, 0.4) is 0 Å². The lowest BCUT2D eigenvalue weighted by Crippen LogP contribution is -2.03. The van der Waals surface area contributed by atoms with E-state index in [0.717, 1.165) is 17.7 Å². The molecule has 0 fully saturated rings. The van der Waals surface area contributed by atoms with Gasteiger partial charge in [-0.1, -0.05) is 17.9 Å². The maximum atomic E-state index is 5.63. The van der Waals surface area contributed by atoms with Crippen LogP contribution in [-0.4, -0.2) is 22.5 Å². The second kappa shape index (κ2) is 7.40. The molecule has 0 aliphatic rings. The van der Waals surface area contributed by atoms with Crippen LogP contribution in [0.5, 0.6) is 5.75 Å². The fourth-order valence-corrected chi connectivity index (χ4v) is 1.59. The van der Waals surface area contributed by atoms with Gasteiger partial charge >= 0.3 is 0 Å². The van der Waals surface area contributed by atoms with Gasteiger partial charge in [-0.05, 0) is 18.2 Å². The van der Waals surface area contributed by atoms with Crippen LogP contribution in [0.1, 0.15) is 11.3 Å². The molecule has 0 bridgehead atoms. The van der Waals surface area contributed by atoms with Crippen LogP contribution in [0, 0.1) is 11.8 Å². The van der Waals surface area contributed by atoms with Crippen molar-refractivity contribution in [2.24, 2.45) is 0 Å². The summed E-state index contributed by atoms with van der Waals surface area (Å²) in [4.78, 5) is 8.31. The number of rotatable bonds is 4. The normalized spacial score (nSPS) is 9.53. The van der Waals surface area contributed by atoms with Crippen LogP contribution < -0.4 is 4.74 Å². The van der Waals surface area contributed by atoms with Crippen molar-refractivity contribution in [3.05, 3.63) is 54.1 Å². The van der Waals surface area contributed by atoms with Crippen molar-refractivity contribution in [1.82, 2.24) is 9.97 Å². The van der Waals surface area contributed by atoms with E-state index >= 15 is 0 Å². The average Bonchev–Trinajstić information content (AvgIpc) is 2.47. The molecule has 2 heterocycles. The molecule has 2 aromatic heterocycles. The third kappa shape index (κ3) is 4.61. The minimum Gasteiger partial charge on any atom is -0.492 e. The first-order valence-electron chi connectivity index (χ1n) is 5.91. The van der Waals surface area contributed by atoms with Gasteiger partial charge in [0.15, 0.2) is 0 Å². The van der Waals surface area contributed by atoms with Gasteiger partial charge in [0.2, 0.25) is 0 Å². The number of hydrogen-bond acceptors (Lipinski definition) is 3. The highest BCUT2D eigenvalue weighted by Gasteiger charge is 1.97. The van der Waals surface area contributed by atoms with Crippen molar-refractivity contribution in [1.29, 1.82) is 0 Å². The SMILES string of the molecule is ClCC#Cc1cncc(OCCc2ccccn2)c1. The van der Waals surface area contributed by atoms with E-state index in [2.05, 4.69) is 21.8 Å². The molecule has 0 unspecified atom stereocenters. The third-order valence-corrected chi connectivity index (χ3v) is 2.50. The quantitative estimate of drug-likeness (QED) is 0.634. The highest BCUT2D eigenvalue weighted by atomic mass is 35.5. The van der Waals surface area contributed by atoms with Crippen LogP contribution in [0.2, 0.25) is 0 Å². The summed E-state index contributed by atoms with van der Waals surface area (Å²) >= 11 is 5.51. The van der Waals surface area contributed by atoms with Crippen molar-refractivity contribution in [2.75, 3.05) is 12.5 Å². The van der Waals surface area contributed by atoms with Crippen LogP contribution in [0.25, 0.3) is 0 Å². The largest absolute Gasteiger partial charge is 0.492 e. The van der Waals surface area contributed by atoms with E-state index in [1.165, 1.54) is 0 Å². The number of hydrogen-bond donors (Lipinski definition) is 0. The van der Waals surface area contributed by atoms with Crippen LogP contribution >= 0.6 is 11.6 Å². The van der Waals surface area contributed by atoms with E-state index in [4.69, 9.17) is 16.3 Å². The predicted molar refractivity (Wildman–Crippen MR) is 75.3 cm³/mol. The van der Waals surface area contributed by atoms with Gasteiger partial charge in [0, 0.05) is 30.1 Å². The molecular weight excluding hydrogens is 260 g/mol. The second-order valence-electron chi connectivity index (χ2n) is 3.76.